The monoisotopic (exact) mass is 232 g/mol. The van der Waals surface area contributed by atoms with E-state index in [4.69, 9.17) is 0 Å². The predicted molar refractivity (Wildman–Crippen MR) is 47.1 cm³/mol. The summed E-state index contributed by atoms with van der Waals surface area (Å²) in [6.45, 7) is 0. The Labute approximate surface area is 82.6 Å². The third-order valence-electron chi connectivity index (χ3n) is 1.29. The first kappa shape index (κ1) is 9.02. The molecule has 0 aromatic carbocycles. The minimum atomic E-state index is -3.64. The van der Waals surface area contributed by atoms with Crippen LogP contribution in [0.1, 0.15) is 0 Å². The molecule has 0 aliphatic carbocycles. The van der Waals surface area contributed by atoms with Crippen LogP contribution in [0, 0.1) is 0 Å². The van der Waals surface area contributed by atoms with Crippen molar-refractivity contribution in [2.75, 3.05) is 4.72 Å². The molecule has 0 radical (unpaired) electrons. The fraction of sp³-hybridized carbons (Fsp3) is 0. The summed E-state index contributed by atoms with van der Waals surface area (Å²) in [5.41, 5.74) is 0. The normalized spacial score (nSPS) is 11.4. The standard InChI is InChI=1S/C4H4N6O2S2/c11-14(12,3-1-2-5-6-3)8-4-7-9-10-13-4/h1-2H,(H,5,6)(H,7,8,10). The van der Waals surface area contributed by atoms with Crippen LogP contribution in [0.3, 0.4) is 0 Å². The molecule has 0 amide bonds. The Morgan fingerprint density at radius 3 is 2.93 bits per heavy atom. The van der Waals surface area contributed by atoms with E-state index in [1.54, 1.807) is 0 Å². The van der Waals surface area contributed by atoms with Gasteiger partial charge in [0.25, 0.3) is 10.0 Å². The van der Waals surface area contributed by atoms with Gasteiger partial charge in [-0.2, -0.15) is 13.5 Å². The highest BCUT2D eigenvalue weighted by Gasteiger charge is 2.16. The first-order chi connectivity index (χ1) is 6.68. The van der Waals surface area contributed by atoms with E-state index in [2.05, 4.69) is 29.7 Å². The van der Waals surface area contributed by atoms with Gasteiger partial charge in [0, 0.05) is 11.5 Å². The van der Waals surface area contributed by atoms with Gasteiger partial charge in [0.05, 0.1) is 6.20 Å². The zero-order valence-electron chi connectivity index (χ0n) is 6.58. The molecule has 14 heavy (non-hydrogen) atoms. The molecule has 0 saturated carbocycles. The van der Waals surface area contributed by atoms with E-state index >= 15 is 0 Å². The molecule has 2 aromatic rings. The van der Waals surface area contributed by atoms with Crippen molar-refractivity contribution in [1.29, 1.82) is 0 Å². The largest absolute Gasteiger partial charge is 0.280 e. The molecular weight excluding hydrogens is 228 g/mol. The van der Waals surface area contributed by atoms with Crippen LogP contribution in [-0.4, -0.2) is 33.4 Å². The van der Waals surface area contributed by atoms with Crippen LogP contribution in [0.15, 0.2) is 17.3 Å². The number of aromatic nitrogens is 5. The summed E-state index contributed by atoms with van der Waals surface area (Å²) in [6, 6.07) is 1.33. The summed E-state index contributed by atoms with van der Waals surface area (Å²) in [6.07, 6.45) is 1.34. The third kappa shape index (κ3) is 1.70. The summed E-state index contributed by atoms with van der Waals surface area (Å²) >= 11 is 0.850. The van der Waals surface area contributed by atoms with E-state index < -0.39 is 10.0 Å². The summed E-state index contributed by atoms with van der Waals surface area (Å²) in [5, 5.41) is 12.6. The van der Waals surface area contributed by atoms with Gasteiger partial charge in [0.2, 0.25) is 5.13 Å². The topological polar surface area (TPSA) is 114 Å². The lowest BCUT2D eigenvalue weighted by Crippen LogP contribution is -2.13. The lowest BCUT2D eigenvalue weighted by molar-refractivity contribution is 0.597. The van der Waals surface area contributed by atoms with Crippen LogP contribution in [0.4, 0.5) is 5.13 Å². The van der Waals surface area contributed by atoms with E-state index in [0.29, 0.717) is 0 Å². The van der Waals surface area contributed by atoms with Crippen LogP contribution in [0.25, 0.3) is 0 Å². The van der Waals surface area contributed by atoms with Crippen molar-refractivity contribution in [1.82, 2.24) is 25.0 Å². The molecule has 0 atom stereocenters. The first-order valence-corrected chi connectivity index (χ1v) is 5.61. The molecule has 2 rings (SSSR count). The smallest absolute Gasteiger partial charge is 0.266 e. The Hall–Kier alpha value is -1.55. The maximum Gasteiger partial charge on any atom is 0.280 e. The number of hydrogen-bond donors (Lipinski definition) is 2. The van der Waals surface area contributed by atoms with Crippen LogP contribution in [0.5, 0.6) is 0 Å². The molecule has 0 spiro atoms. The minimum Gasteiger partial charge on any atom is -0.266 e. The molecule has 0 aliphatic heterocycles. The van der Waals surface area contributed by atoms with E-state index in [-0.39, 0.29) is 10.2 Å². The molecule has 0 saturated heterocycles. The quantitative estimate of drug-likeness (QED) is 0.734. The molecule has 0 aliphatic rings. The highest BCUT2D eigenvalue weighted by molar-refractivity contribution is 7.92. The lowest BCUT2D eigenvalue weighted by atomic mass is 10.8. The molecule has 8 nitrogen and oxygen atoms in total. The number of hydrogen-bond acceptors (Lipinski definition) is 7. The molecule has 74 valence electrons. The zero-order valence-corrected chi connectivity index (χ0v) is 8.21. The lowest BCUT2D eigenvalue weighted by Gasteiger charge is -1.99. The summed E-state index contributed by atoms with van der Waals surface area (Å²) in [4.78, 5) is 0. The molecule has 2 heterocycles. The Kier molecular flexibility index (Phi) is 2.13. The fourth-order valence-corrected chi connectivity index (χ4v) is 2.23. The molecule has 0 unspecified atom stereocenters. The number of rotatable bonds is 3. The highest BCUT2D eigenvalue weighted by Crippen LogP contribution is 2.12. The average molecular weight is 232 g/mol. The second kappa shape index (κ2) is 3.31. The summed E-state index contributed by atoms with van der Waals surface area (Å²) in [7, 11) is -3.64. The Morgan fingerprint density at radius 2 is 2.36 bits per heavy atom. The van der Waals surface area contributed by atoms with Gasteiger partial charge < -0.3 is 0 Å². The first-order valence-electron chi connectivity index (χ1n) is 3.36. The fourth-order valence-electron chi connectivity index (χ4n) is 0.736. The van der Waals surface area contributed by atoms with Gasteiger partial charge in [0.15, 0.2) is 5.03 Å². The second-order valence-corrected chi connectivity index (χ2v) is 4.58. The van der Waals surface area contributed by atoms with Gasteiger partial charge in [-0.3, -0.25) is 9.82 Å². The molecular formula is C4H4N6O2S2. The molecule has 0 bridgehead atoms. The van der Waals surface area contributed by atoms with Crippen molar-refractivity contribution >= 4 is 26.7 Å². The van der Waals surface area contributed by atoms with Gasteiger partial charge >= 0.3 is 0 Å². The number of nitrogens with one attached hydrogen (secondary N) is 2. The van der Waals surface area contributed by atoms with Crippen molar-refractivity contribution in [2.45, 2.75) is 5.03 Å². The van der Waals surface area contributed by atoms with E-state index in [1.165, 1.54) is 12.3 Å². The third-order valence-corrected chi connectivity index (χ3v) is 3.19. The Bertz CT molecular complexity index is 488. The maximum atomic E-state index is 11.5. The van der Waals surface area contributed by atoms with Crippen molar-refractivity contribution in [2.24, 2.45) is 0 Å². The van der Waals surface area contributed by atoms with Crippen molar-refractivity contribution in [3.63, 3.8) is 0 Å². The summed E-state index contributed by atoms with van der Waals surface area (Å²) < 4.78 is 28.6. The van der Waals surface area contributed by atoms with Crippen molar-refractivity contribution in [3.8, 4) is 0 Å². The average Bonchev–Trinajstić information content (AvgIpc) is 2.71. The SMILES string of the molecule is O=S(=O)(Nc1nnns1)c1ccn[nH]1. The molecule has 2 aromatic heterocycles. The van der Waals surface area contributed by atoms with Crippen LogP contribution in [-0.2, 0) is 10.0 Å². The molecule has 2 N–H and O–H groups in total. The van der Waals surface area contributed by atoms with E-state index in [1.807, 2.05) is 0 Å². The number of H-pyrrole nitrogens is 1. The maximum absolute atomic E-state index is 11.5. The number of sulfonamides is 1. The van der Waals surface area contributed by atoms with Crippen LogP contribution in [0.2, 0.25) is 0 Å². The molecule has 0 fully saturated rings. The van der Waals surface area contributed by atoms with Gasteiger partial charge in [-0.1, -0.05) is 9.59 Å². The van der Waals surface area contributed by atoms with E-state index in [9.17, 15) is 8.42 Å². The van der Waals surface area contributed by atoms with Gasteiger partial charge in [-0.05, 0) is 11.3 Å². The van der Waals surface area contributed by atoms with Crippen LogP contribution < -0.4 is 4.72 Å². The summed E-state index contributed by atoms with van der Waals surface area (Å²) in [5.74, 6) is 0. The van der Waals surface area contributed by atoms with Crippen LogP contribution >= 0.6 is 11.5 Å². The van der Waals surface area contributed by atoms with Crippen molar-refractivity contribution in [3.05, 3.63) is 12.3 Å². The predicted octanol–water partition coefficient (Wildman–Crippen LogP) is -0.543. The van der Waals surface area contributed by atoms with Gasteiger partial charge in [-0.25, -0.2) is 0 Å². The Morgan fingerprint density at radius 1 is 1.50 bits per heavy atom. The number of nitrogens with zero attached hydrogens (tertiary/aromatic N) is 4. The second-order valence-electron chi connectivity index (χ2n) is 2.19. The van der Waals surface area contributed by atoms with Gasteiger partial charge in [-0.15, -0.1) is 0 Å². The minimum absolute atomic E-state index is 0.0345. The highest BCUT2D eigenvalue weighted by atomic mass is 32.2. The van der Waals surface area contributed by atoms with Crippen molar-refractivity contribution < 1.29 is 8.42 Å². The van der Waals surface area contributed by atoms with Gasteiger partial charge in [0.1, 0.15) is 0 Å². The molecule has 10 heteroatoms. The Balaban J connectivity index is 2.27. The number of aromatic amines is 1. The zero-order chi connectivity index (χ0) is 10.0. The van der Waals surface area contributed by atoms with E-state index in [0.717, 1.165) is 11.5 Å². The number of anilines is 1.